The fraction of sp³-hybridized carbons (Fsp3) is 0.538. The molecule has 17 heavy (non-hydrogen) atoms. The van der Waals surface area contributed by atoms with Crippen LogP contribution in [0.2, 0.25) is 0 Å². The number of pyridine rings is 1. The summed E-state index contributed by atoms with van der Waals surface area (Å²) in [4.78, 5) is 4.07. The summed E-state index contributed by atoms with van der Waals surface area (Å²) in [6, 6.07) is 6.10. The predicted octanol–water partition coefficient (Wildman–Crippen LogP) is 1.86. The van der Waals surface area contributed by atoms with Gasteiger partial charge >= 0.3 is 0 Å². The minimum Gasteiger partial charge on any atom is -0.477 e. The Balaban J connectivity index is 1.79. The molecule has 0 aromatic carbocycles. The standard InChI is InChI=1S/C13H17N3O/c14-10-11-4-3-8-16-13(11)17-9-6-12-5-1-2-7-15-12/h3-4,8,12,15H,1-2,5-7,9H2/t12-/m1/s1. The van der Waals surface area contributed by atoms with Crippen molar-refractivity contribution in [1.29, 1.82) is 5.26 Å². The van der Waals surface area contributed by atoms with E-state index in [4.69, 9.17) is 10.00 Å². The molecule has 0 saturated carbocycles. The first-order valence-electron chi connectivity index (χ1n) is 6.11. The molecule has 1 aromatic heterocycles. The summed E-state index contributed by atoms with van der Waals surface area (Å²) in [6.45, 7) is 1.72. The maximum atomic E-state index is 8.88. The highest BCUT2D eigenvalue weighted by atomic mass is 16.5. The van der Waals surface area contributed by atoms with E-state index in [2.05, 4.69) is 16.4 Å². The number of rotatable bonds is 4. The smallest absolute Gasteiger partial charge is 0.231 e. The molecule has 1 fully saturated rings. The Kier molecular flexibility index (Phi) is 4.34. The normalized spacial score (nSPS) is 19.6. The molecule has 1 atom stereocenters. The summed E-state index contributed by atoms with van der Waals surface area (Å²) in [5, 5.41) is 12.4. The molecule has 0 spiro atoms. The first kappa shape index (κ1) is 11.9. The second-order valence-electron chi connectivity index (χ2n) is 4.25. The van der Waals surface area contributed by atoms with Gasteiger partial charge in [0, 0.05) is 12.2 Å². The Morgan fingerprint density at radius 1 is 1.53 bits per heavy atom. The number of piperidine rings is 1. The van der Waals surface area contributed by atoms with Crippen LogP contribution in [0.1, 0.15) is 31.2 Å². The molecule has 4 nitrogen and oxygen atoms in total. The minimum atomic E-state index is 0.450. The summed E-state index contributed by atoms with van der Waals surface area (Å²) >= 11 is 0. The number of aromatic nitrogens is 1. The summed E-state index contributed by atoms with van der Waals surface area (Å²) < 4.78 is 5.56. The third kappa shape index (κ3) is 3.43. The first-order chi connectivity index (χ1) is 8.40. The van der Waals surface area contributed by atoms with Crippen LogP contribution in [-0.4, -0.2) is 24.2 Å². The monoisotopic (exact) mass is 231 g/mol. The van der Waals surface area contributed by atoms with Crippen LogP contribution in [0.15, 0.2) is 18.3 Å². The van der Waals surface area contributed by atoms with Gasteiger partial charge in [-0.25, -0.2) is 4.98 Å². The minimum absolute atomic E-state index is 0.450. The van der Waals surface area contributed by atoms with E-state index in [9.17, 15) is 0 Å². The average molecular weight is 231 g/mol. The van der Waals surface area contributed by atoms with Gasteiger partial charge in [-0.1, -0.05) is 6.42 Å². The lowest BCUT2D eigenvalue weighted by atomic mass is 10.0. The van der Waals surface area contributed by atoms with E-state index in [1.807, 2.05) is 0 Å². The molecule has 1 aromatic rings. The van der Waals surface area contributed by atoms with Crippen LogP contribution >= 0.6 is 0 Å². The fourth-order valence-electron chi connectivity index (χ4n) is 2.06. The molecule has 1 aliphatic heterocycles. The quantitative estimate of drug-likeness (QED) is 0.859. The van der Waals surface area contributed by atoms with Gasteiger partial charge in [0.15, 0.2) is 0 Å². The van der Waals surface area contributed by atoms with Crippen LogP contribution in [0.3, 0.4) is 0 Å². The average Bonchev–Trinajstić information content (AvgIpc) is 2.40. The Bertz CT molecular complexity index is 394. The van der Waals surface area contributed by atoms with Gasteiger partial charge in [-0.15, -0.1) is 0 Å². The van der Waals surface area contributed by atoms with E-state index in [1.165, 1.54) is 19.3 Å². The highest BCUT2D eigenvalue weighted by molar-refractivity contribution is 5.36. The maximum Gasteiger partial charge on any atom is 0.231 e. The number of hydrogen-bond donors (Lipinski definition) is 1. The van der Waals surface area contributed by atoms with Crippen LogP contribution in [0.25, 0.3) is 0 Å². The largest absolute Gasteiger partial charge is 0.477 e. The molecule has 90 valence electrons. The molecule has 1 aliphatic rings. The van der Waals surface area contributed by atoms with Crippen molar-refractivity contribution in [2.24, 2.45) is 0 Å². The Hall–Kier alpha value is -1.60. The molecule has 0 bridgehead atoms. The molecular formula is C13H17N3O. The van der Waals surface area contributed by atoms with Crippen molar-refractivity contribution in [3.8, 4) is 11.9 Å². The van der Waals surface area contributed by atoms with Crippen molar-refractivity contribution in [3.05, 3.63) is 23.9 Å². The van der Waals surface area contributed by atoms with E-state index in [0.29, 0.717) is 24.1 Å². The van der Waals surface area contributed by atoms with Gasteiger partial charge in [0.2, 0.25) is 5.88 Å². The van der Waals surface area contributed by atoms with E-state index in [-0.39, 0.29) is 0 Å². The maximum absolute atomic E-state index is 8.88. The first-order valence-corrected chi connectivity index (χ1v) is 6.11. The van der Waals surface area contributed by atoms with Gasteiger partial charge in [0.25, 0.3) is 0 Å². The summed E-state index contributed by atoms with van der Waals surface area (Å²) in [7, 11) is 0. The molecule has 2 rings (SSSR count). The number of nitrogens with zero attached hydrogens (tertiary/aromatic N) is 2. The highest BCUT2D eigenvalue weighted by Crippen LogP contribution is 2.14. The number of hydrogen-bond acceptors (Lipinski definition) is 4. The number of ether oxygens (including phenoxy) is 1. The van der Waals surface area contributed by atoms with Gasteiger partial charge in [0.1, 0.15) is 11.6 Å². The predicted molar refractivity (Wildman–Crippen MR) is 64.7 cm³/mol. The molecule has 4 heteroatoms. The second-order valence-corrected chi connectivity index (χ2v) is 4.25. The van der Waals surface area contributed by atoms with Crippen molar-refractivity contribution < 1.29 is 4.74 Å². The Morgan fingerprint density at radius 3 is 3.24 bits per heavy atom. The second kappa shape index (κ2) is 6.21. The topological polar surface area (TPSA) is 57.9 Å². The Morgan fingerprint density at radius 2 is 2.47 bits per heavy atom. The number of nitriles is 1. The van der Waals surface area contributed by atoms with E-state index >= 15 is 0 Å². The third-order valence-corrected chi connectivity index (χ3v) is 3.01. The van der Waals surface area contributed by atoms with Crippen LogP contribution in [0, 0.1) is 11.3 Å². The Labute approximate surface area is 102 Å². The van der Waals surface area contributed by atoms with Crippen molar-refractivity contribution in [1.82, 2.24) is 10.3 Å². The summed E-state index contributed by atoms with van der Waals surface area (Å²) in [6.07, 6.45) is 6.41. The summed E-state index contributed by atoms with van der Waals surface area (Å²) in [5.41, 5.74) is 0.504. The van der Waals surface area contributed by atoms with E-state index in [0.717, 1.165) is 13.0 Å². The van der Waals surface area contributed by atoms with Crippen molar-refractivity contribution in [2.75, 3.05) is 13.2 Å². The van der Waals surface area contributed by atoms with Gasteiger partial charge in [-0.2, -0.15) is 5.26 Å². The van der Waals surface area contributed by atoms with Gasteiger partial charge in [-0.3, -0.25) is 0 Å². The van der Waals surface area contributed by atoms with Crippen LogP contribution < -0.4 is 10.1 Å². The molecule has 0 aliphatic carbocycles. The molecule has 0 unspecified atom stereocenters. The molecule has 1 N–H and O–H groups in total. The molecule has 1 saturated heterocycles. The van der Waals surface area contributed by atoms with Crippen molar-refractivity contribution in [3.63, 3.8) is 0 Å². The molecule has 0 amide bonds. The molecular weight excluding hydrogens is 214 g/mol. The fourth-order valence-corrected chi connectivity index (χ4v) is 2.06. The van der Waals surface area contributed by atoms with Crippen LogP contribution in [-0.2, 0) is 0 Å². The van der Waals surface area contributed by atoms with Crippen molar-refractivity contribution >= 4 is 0 Å². The molecule has 0 radical (unpaired) electrons. The lowest BCUT2D eigenvalue weighted by Crippen LogP contribution is -2.35. The SMILES string of the molecule is N#Cc1cccnc1OCC[C@H]1CCCCN1. The third-order valence-electron chi connectivity index (χ3n) is 3.01. The van der Waals surface area contributed by atoms with Crippen LogP contribution in [0.4, 0.5) is 0 Å². The van der Waals surface area contributed by atoms with Crippen LogP contribution in [0.5, 0.6) is 5.88 Å². The van der Waals surface area contributed by atoms with Gasteiger partial charge < -0.3 is 10.1 Å². The van der Waals surface area contributed by atoms with E-state index in [1.54, 1.807) is 18.3 Å². The zero-order chi connectivity index (χ0) is 11.9. The summed E-state index contributed by atoms with van der Waals surface area (Å²) in [5.74, 6) is 0.450. The lowest BCUT2D eigenvalue weighted by Gasteiger charge is -2.23. The molecule has 2 heterocycles. The highest BCUT2D eigenvalue weighted by Gasteiger charge is 2.12. The van der Waals surface area contributed by atoms with Gasteiger partial charge in [0.05, 0.1) is 6.61 Å². The van der Waals surface area contributed by atoms with Gasteiger partial charge in [-0.05, 0) is 37.9 Å². The lowest BCUT2D eigenvalue weighted by molar-refractivity contribution is 0.260. The number of nitrogens with one attached hydrogen (secondary N) is 1. The van der Waals surface area contributed by atoms with Crippen molar-refractivity contribution in [2.45, 2.75) is 31.7 Å². The van der Waals surface area contributed by atoms with E-state index < -0.39 is 0 Å². The zero-order valence-corrected chi connectivity index (χ0v) is 9.85. The zero-order valence-electron chi connectivity index (χ0n) is 9.85.